The Kier molecular flexibility index (Phi) is 5.58. The Hall–Kier alpha value is -2.38. The standard InChI is InChI=1S/C17H21N3O3S/c1-12(14-7-4-3-5-8-14)19-17(21)20-13(2)15-9-6-10-16(11-15)24(18,22)23/h3-13H,1-2H3,(H2,18,22,23)(H2,19,20,21). The SMILES string of the molecule is CC(NC(=O)NC(C)c1cccc(S(N)(=O)=O)c1)c1ccccc1. The van der Waals surface area contributed by atoms with E-state index in [-0.39, 0.29) is 23.0 Å². The van der Waals surface area contributed by atoms with E-state index in [1.54, 1.807) is 19.1 Å². The zero-order chi connectivity index (χ0) is 17.7. The van der Waals surface area contributed by atoms with Gasteiger partial charge >= 0.3 is 6.03 Å². The van der Waals surface area contributed by atoms with Gasteiger partial charge in [-0.25, -0.2) is 18.4 Å². The largest absolute Gasteiger partial charge is 0.332 e. The quantitative estimate of drug-likeness (QED) is 0.774. The summed E-state index contributed by atoms with van der Waals surface area (Å²) in [6.07, 6.45) is 0. The molecule has 0 radical (unpaired) electrons. The highest BCUT2D eigenvalue weighted by Crippen LogP contribution is 2.17. The third-order valence-electron chi connectivity index (χ3n) is 3.68. The van der Waals surface area contributed by atoms with Crippen LogP contribution >= 0.6 is 0 Å². The van der Waals surface area contributed by atoms with Crippen LogP contribution < -0.4 is 15.8 Å². The number of carbonyl (C=O) groups is 1. The first-order chi connectivity index (χ1) is 11.3. The molecule has 128 valence electrons. The molecule has 0 saturated heterocycles. The van der Waals surface area contributed by atoms with Crippen LogP contribution in [0.3, 0.4) is 0 Å². The van der Waals surface area contributed by atoms with Crippen molar-refractivity contribution in [3.63, 3.8) is 0 Å². The van der Waals surface area contributed by atoms with Gasteiger partial charge in [-0.15, -0.1) is 0 Å². The van der Waals surface area contributed by atoms with E-state index in [2.05, 4.69) is 10.6 Å². The first kappa shape index (κ1) is 18.0. The molecule has 2 aromatic carbocycles. The maximum absolute atomic E-state index is 12.1. The first-order valence-corrected chi connectivity index (χ1v) is 9.07. The molecule has 2 unspecified atom stereocenters. The number of nitrogens with one attached hydrogen (secondary N) is 2. The molecule has 2 aromatic rings. The third kappa shape index (κ3) is 4.81. The number of amides is 2. The average Bonchev–Trinajstić information content (AvgIpc) is 2.54. The first-order valence-electron chi connectivity index (χ1n) is 7.52. The molecule has 0 aliphatic carbocycles. The van der Waals surface area contributed by atoms with Crippen molar-refractivity contribution >= 4 is 16.1 Å². The smallest absolute Gasteiger partial charge is 0.315 e. The van der Waals surface area contributed by atoms with Gasteiger partial charge in [-0.3, -0.25) is 0 Å². The van der Waals surface area contributed by atoms with Crippen LogP contribution in [0.25, 0.3) is 0 Å². The van der Waals surface area contributed by atoms with Crippen molar-refractivity contribution in [2.45, 2.75) is 30.8 Å². The van der Waals surface area contributed by atoms with E-state index in [4.69, 9.17) is 5.14 Å². The van der Waals surface area contributed by atoms with Crippen molar-refractivity contribution in [1.82, 2.24) is 10.6 Å². The van der Waals surface area contributed by atoms with Gasteiger partial charge in [-0.05, 0) is 37.1 Å². The second-order valence-electron chi connectivity index (χ2n) is 5.59. The Morgan fingerprint density at radius 2 is 1.46 bits per heavy atom. The minimum atomic E-state index is -3.77. The van der Waals surface area contributed by atoms with Crippen LogP contribution in [0.5, 0.6) is 0 Å². The molecule has 2 rings (SSSR count). The normalized spacial score (nSPS) is 13.8. The van der Waals surface area contributed by atoms with E-state index < -0.39 is 10.0 Å². The number of rotatable bonds is 5. The summed E-state index contributed by atoms with van der Waals surface area (Å²) in [6.45, 7) is 3.66. The lowest BCUT2D eigenvalue weighted by Crippen LogP contribution is -2.38. The lowest BCUT2D eigenvalue weighted by molar-refractivity contribution is 0.235. The monoisotopic (exact) mass is 347 g/mol. The van der Waals surface area contributed by atoms with E-state index in [1.807, 2.05) is 37.3 Å². The lowest BCUT2D eigenvalue weighted by atomic mass is 10.1. The highest BCUT2D eigenvalue weighted by atomic mass is 32.2. The molecule has 0 bridgehead atoms. The molecule has 4 N–H and O–H groups in total. The molecule has 0 fully saturated rings. The van der Waals surface area contributed by atoms with Crippen molar-refractivity contribution in [2.75, 3.05) is 0 Å². The second kappa shape index (κ2) is 7.46. The average molecular weight is 347 g/mol. The number of nitrogens with two attached hydrogens (primary N) is 1. The number of benzene rings is 2. The summed E-state index contributed by atoms with van der Waals surface area (Å²) in [5.41, 5.74) is 1.65. The number of primary sulfonamides is 1. The second-order valence-corrected chi connectivity index (χ2v) is 7.15. The molecule has 2 atom stereocenters. The molecule has 7 heteroatoms. The summed E-state index contributed by atoms with van der Waals surface area (Å²) >= 11 is 0. The van der Waals surface area contributed by atoms with Crippen LogP contribution in [0.1, 0.15) is 37.1 Å². The van der Waals surface area contributed by atoms with E-state index in [1.165, 1.54) is 12.1 Å². The lowest BCUT2D eigenvalue weighted by Gasteiger charge is -2.19. The van der Waals surface area contributed by atoms with Crippen LogP contribution in [0, 0.1) is 0 Å². The zero-order valence-electron chi connectivity index (χ0n) is 13.6. The van der Waals surface area contributed by atoms with E-state index in [0.717, 1.165) is 5.56 Å². The van der Waals surface area contributed by atoms with Crippen molar-refractivity contribution in [3.8, 4) is 0 Å². The Morgan fingerprint density at radius 3 is 2.04 bits per heavy atom. The summed E-state index contributed by atoms with van der Waals surface area (Å²) in [5.74, 6) is 0. The van der Waals surface area contributed by atoms with Gasteiger partial charge in [0.15, 0.2) is 0 Å². The van der Waals surface area contributed by atoms with Gasteiger partial charge in [0.2, 0.25) is 10.0 Å². The molecule has 0 aliphatic heterocycles. The third-order valence-corrected chi connectivity index (χ3v) is 4.59. The maximum Gasteiger partial charge on any atom is 0.315 e. The van der Waals surface area contributed by atoms with Crippen molar-refractivity contribution in [2.24, 2.45) is 5.14 Å². The summed E-state index contributed by atoms with van der Waals surface area (Å²) in [6, 6.07) is 15.0. The zero-order valence-corrected chi connectivity index (χ0v) is 14.4. The molecule has 2 amide bonds. The van der Waals surface area contributed by atoms with E-state index >= 15 is 0 Å². The fraction of sp³-hybridized carbons (Fsp3) is 0.235. The topological polar surface area (TPSA) is 101 Å². The van der Waals surface area contributed by atoms with Crippen molar-refractivity contribution in [1.29, 1.82) is 0 Å². The molecule has 0 saturated carbocycles. The van der Waals surface area contributed by atoms with Crippen LogP contribution in [-0.2, 0) is 10.0 Å². The van der Waals surface area contributed by atoms with Gasteiger partial charge < -0.3 is 10.6 Å². The minimum absolute atomic E-state index is 0.0201. The Balaban J connectivity index is 2.02. The molecule has 6 nitrogen and oxygen atoms in total. The van der Waals surface area contributed by atoms with Gasteiger partial charge in [-0.1, -0.05) is 42.5 Å². The van der Waals surface area contributed by atoms with Gasteiger partial charge in [0.1, 0.15) is 0 Å². The highest BCUT2D eigenvalue weighted by Gasteiger charge is 2.15. The highest BCUT2D eigenvalue weighted by molar-refractivity contribution is 7.89. The summed E-state index contributed by atoms with van der Waals surface area (Å²) < 4.78 is 22.8. The predicted octanol–water partition coefficient (Wildman–Crippen LogP) is 2.46. The molecular formula is C17H21N3O3S. The predicted molar refractivity (Wildman–Crippen MR) is 92.8 cm³/mol. The Morgan fingerprint density at radius 1 is 0.917 bits per heavy atom. The van der Waals surface area contributed by atoms with E-state index in [9.17, 15) is 13.2 Å². The fourth-order valence-corrected chi connectivity index (χ4v) is 2.87. The molecule has 0 aromatic heterocycles. The fourth-order valence-electron chi connectivity index (χ4n) is 2.30. The summed E-state index contributed by atoms with van der Waals surface area (Å²) in [5, 5.41) is 10.8. The molecule has 24 heavy (non-hydrogen) atoms. The number of sulfonamides is 1. The maximum atomic E-state index is 12.1. The van der Waals surface area contributed by atoms with Crippen LogP contribution in [0.2, 0.25) is 0 Å². The minimum Gasteiger partial charge on any atom is -0.332 e. The number of carbonyl (C=O) groups excluding carboxylic acids is 1. The number of urea groups is 1. The molecule has 0 heterocycles. The molecule has 0 aliphatic rings. The van der Waals surface area contributed by atoms with Crippen LogP contribution in [0.4, 0.5) is 4.79 Å². The van der Waals surface area contributed by atoms with Crippen LogP contribution in [-0.4, -0.2) is 14.4 Å². The van der Waals surface area contributed by atoms with Crippen molar-refractivity contribution < 1.29 is 13.2 Å². The number of hydrogen-bond acceptors (Lipinski definition) is 3. The van der Waals surface area contributed by atoms with Crippen LogP contribution in [0.15, 0.2) is 59.5 Å². The van der Waals surface area contributed by atoms with Crippen molar-refractivity contribution in [3.05, 3.63) is 65.7 Å². The van der Waals surface area contributed by atoms with Gasteiger partial charge in [-0.2, -0.15) is 0 Å². The Bertz CT molecular complexity index is 807. The van der Waals surface area contributed by atoms with Gasteiger partial charge in [0, 0.05) is 0 Å². The number of hydrogen-bond donors (Lipinski definition) is 3. The molecular weight excluding hydrogens is 326 g/mol. The summed E-state index contributed by atoms with van der Waals surface area (Å²) in [7, 11) is -3.77. The summed E-state index contributed by atoms with van der Waals surface area (Å²) in [4.78, 5) is 12.1. The molecule has 0 spiro atoms. The van der Waals surface area contributed by atoms with Gasteiger partial charge in [0.25, 0.3) is 0 Å². The van der Waals surface area contributed by atoms with Gasteiger partial charge in [0.05, 0.1) is 17.0 Å². The van der Waals surface area contributed by atoms with E-state index in [0.29, 0.717) is 5.56 Å². The Labute approximate surface area is 142 Å².